The Morgan fingerprint density at radius 2 is 1.91 bits per heavy atom. The summed E-state index contributed by atoms with van der Waals surface area (Å²) < 4.78 is 0. The van der Waals surface area contributed by atoms with E-state index in [0.29, 0.717) is 0 Å². The van der Waals surface area contributed by atoms with E-state index >= 15 is 0 Å². The van der Waals surface area contributed by atoms with Crippen molar-refractivity contribution in [2.24, 2.45) is 0 Å². The molecule has 58 valence electrons. The van der Waals surface area contributed by atoms with Gasteiger partial charge in [0.1, 0.15) is 0 Å². The third kappa shape index (κ3) is 3.09. The average molecular weight is 182 g/mol. The molecule has 0 amide bonds. The maximum absolute atomic E-state index is 4.21. The van der Waals surface area contributed by atoms with Gasteiger partial charge >= 0.3 is 0 Å². The van der Waals surface area contributed by atoms with E-state index in [1.807, 2.05) is 17.9 Å². The number of thiol groups is 1. The van der Waals surface area contributed by atoms with Gasteiger partial charge in [0, 0.05) is 4.90 Å². The molecule has 1 aromatic rings. The highest BCUT2D eigenvalue weighted by atomic mass is 32.1. The molecular formula is C9H11PS. The summed E-state index contributed by atoms with van der Waals surface area (Å²) in [5.41, 5.74) is 1.36. The Bertz CT molecular complexity index is 228. The normalized spacial score (nSPS) is 9.55. The predicted molar refractivity (Wildman–Crippen MR) is 56.4 cm³/mol. The number of hydrogen-bond acceptors (Lipinski definition) is 1. The van der Waals surface area contributed by atoms with E-state index in [4.69, 9.17) is 0 Å². The Morgan fingerprint density at radius 3 is 2.45 bits per heavy atom. The molecule has 1 rings (SSSR count). The van der Waals surface area contributed by atoms with Gasteiger partial charge in [-0.3, -0.25) is 0 Å². The molecule has 0 saturated heterocycles. The standard InChI is InChI=1S/C9H11PS/c10-7-1-2-8-3-5-9(11)6-4-8/h3-7,10-11H,1-2H2. The summed E-state index contributed by atoms with van der Waals surface area (Å²) in [6, 6.07) is 8.26. The second kappa shape index (κ2) is 4.58. The molecule has 1 aromatic carbocycles. The summed E-state index contributed by atoms with van der Waals surface area (Å²) in [6.45, 7) is 0. The van der Waals surface area contributed by atoms with Crippen molar-refractivity contribution in [1.82, 2.24) is 0 Å². The van der Waals surface area contributed by atoms with Gasteiger partial charge in [0.05, 0.1) is 0 Å². The van der Waals surface area contributed by atoms with Gasteiger partial charge in [-0.1, -0.05) is 17.9 Å². The molecule has 0 atom stereocenters. The highest BCUT2D eigenvalue weighted by Crippen LogP contribution is 2.08. The van der Waals surface area contributed by atoms with Crippen LogP contribution in [0.5, 0.6) is 0 Å². The Kier molecular flexibility index (Phi) is 3.68. The number of rotatable bonds is 3. The average Bonchev–Trinajstić information content (AvgIpc) is 2.04. The molecule has 0 radical (unpaired) electrons. The molecule has 0 aliphatic heterocycles. The van der Waals surface area contributed by atoms with E-state index in [9.17, 15) is 0 Å². The van der Waals surface area contributed by atoms with Crippen molar-refractivity contribution in [3.8, 4) is 0 Å². The first-order chi connectivity index (χ1) is 5.33. The summed E-state index contributed by atoms with van der Waals surface area (Å²) in [5, 5.41) is 0. The molecule has 0 aromatic heterocycles. The molecule has 11 heavy (non-hydrogen) atoms. The van der Waals surface area contributed by atoms with Crippen LogP contribution in [0.3, 0.4) is 0 Å². The van der Waals surface area contributed by atoms with Crippen molar-refractivity contribution in [2.75, 3.05) is 0 Å². The van der Waals surface area contributed by atoms with E-state index in [2.05, 4.69) is 33.6 Å². The molecule has 0 aliphatic rings. The van der Waals surface area contributed by atoms with Crippen molar-refractivity contribution in [3.05, 3.63) is 29.8 Å². The van der Waals surface area contributed by atoms with Crippen LogP contribution in [0.15, 0.2) is 29.2 Å². The highest BCUT2D eigenvalue weighted by molar-refractivity contribution is 7.80. The number of aryl methyl sites for hydroxylation is 1. The van der Waals surface area contributed by atoms with Gasteiger partial charge < -0.3 is 0 Å². The Balaban J connectivity index is 2.58. The molecule has 0 nitrogen and oxygen atoms in total. The predicted octanol–water partition coefficient (Wildman–Crippen LogP) is 2.85. The third-order valence-electron chi connectivity index (χ3n) is 1.51. The van der Waals surface area contributed by atoms with Crippen molar-refractivity contribution < 1.29 is 0 Å². The SMILES string of the molecule is P=CCCc1ccc(S)cc1. The van der Waals surface area contributed by atoms with Crippen LogP contribution in [-0.4, -0.2) is 5.80 Å². The second-order valence-electron chi connectivity index (χ2n) is 2.41. The van der Waals surface area contributed by atoms with Crippen LogP contribution in [0.2, 0.25) is 0 Å². The molecule has 0 aliphatic carbocycles. The number of hydrogen-bond donors (Lipinski definition) is 1. The fraction of sp³-hybridized carbons (Fsp3) is 0.222. The van der Waals surface area contributed by atoms with E-state index in [1.165, 1.54) is 5.56 Å². The zero-order chi connectivity index (χ0) is 8.10. The summed E-state index contributed by atoms with van der Waals surface area (Å²) in [5.74, 6) is 1.99. The van der Waals surface area contributed by atoms with Gasteiger partial charge in [-0.05, 0) is 30.5 Å². The molecule has 0 heterocycles. The summed E-state index contributed by atoms with van der Waals surface area (Å²) in [6.07, 6.45) is 2.17. The van der Waals surface area contributed by atoms with Crippen molar-refractivity contribution in [3.63, 3.8) is 0 Å². The largest absolute Gasteiger partial charge is 0.143 e. The summed E-state index contributed by atoms with van der Waals surface area (Å²) >= 11 is 4.21. The van der Waals surface area contributed by atoms with Crippen LogP contribution in [0.1, 0.15) is 12.0 Å². The molecule has 0 fully saturated rings. The molecule has 0 bridgehead atoms. The van der Waals surface area contributed by atoms with Crippen molar-refractivity contribution in [2.45, 2.75) is 17.7 Å². The van der Waals surface area contributed by atoms with E-state index in [0.717, 1.165) is 17.7 Å². The van der Waals surface area contributed by atoms with Crippen molar-refractivity contribution in [1.29, 1.82) is 0 Å². The lowest BCUT2D eigenvalue weighted by atomic mass is 10.1. The molecule has 0 saturated carbocycles. The van der Waals surface area contributed by atoms with E-state index in [-0.39, 0.29) is 0 Å². The Hall–Kier alpha value is -0.260. The first-order valence-corrected chi connectivity index (χ1v) is 4.62. The first kappa shape index (κ1) is 8.83. The molecule has 0 unspecified atom stereocenters. The van der Waals surface area contributed by atoms with Crippen LogP contribution >= 0.6 is 21.5 Å². The minimum Gasteiger partial charge on any atom is -0.143 e. The van der Waals surface area contributed by atoms with Gasteiger partial charge in [0.15, 0.2) is 0 Å². The molecular weight excluding hydrogens is 171 g/mol. The lowest BCUT2D eigenvalue weighted by Gasteiger charge is -1.97. The lowest BCUT2D eigenvalue weighted by molar-refractivity contribution is 1.06. The van der Waals surface area contributed by atoms with E-state index in [1.54, 1.807) is 0 Å². The maximum Gasteiger partial charge on any atom is 0.00401 e. The van der Waals surface area contributed by atoms with Crippen LogP contribution in [0.25, 0.3) is 0 Å². The van der Waals surface area contributed by atoms with Crippen LogP contribution < -0.4 is 0 Å². The van der Waals surface area contributed by atoms with Gasteiger partial charge in [0.25, 0.3) is 0 Å². The smallest absolute Gasteiger partial charge is 0.00401 e. The monoisotopic (exact) mass is 182 g/mol. The Labute approximate surface area is 75.3 Å². The fourth-order valence-corrected chi connectivity index (χ4v) is 1.19. The third-order valence-corrected chi connectivity index (χ3v) is 2.10. The molecule has 0 N–H and O–H groups in total. The highest BCUT2D eigenvalue weighted by Gasteiger charge is 1.89. The fourth-order valence-electron chi connectivity index (χ4n) is 0.901. The molecule has 2 heteroatoms. The minimum absolute atomic E-state index is 1.02. The first-order valence-electron chi connectivity index (χ1n) is 3.60. The van der Waals surface area contributed by atoms with Gasteiger partial charge in [-0.15, -0.1) is 21.5 Å². The number of benzene rings is 1. The summed E-state index contributed by atoms with van der Waals surface area (Å²) in [4.78, 5) is 1.02. The quantitative estimate of drug-likeness (QED) is 0.539. The Morgan fingerprint density at radius 1 is 1.27 bits per heavy atom. The van der Waals surface area contributed by atoms with Gasteiger partial charge in [-0.2, -0.15) is 0 Å². The maximum atomic E-state index is 4.21. The lowest BCUT2D eigenvalue weighted by Crippen LogP contribution is -1.83. The van der Waals surface area contributed by atoms with E-state index < -0.39 is 0 Å². The zero-order valence-corrected chi connectivity index (χ0v) is 8.14. The van der Waals surface area contributed by atoms with Gasteiger partial charge in [0.2, 0.25) is 0 Å². The van der Waals surface area contributed by atoms with Crippen LogP contribution in [0.4, 0.5) is 0 Å². The second-order valence-corrected chi connectivity index (χ2v) is 3.33. The zero-order valence-electron chi connectivity index (χ0n) is 6.25. The van der Waals surface area contributed by atoms with Crippen molar-refractivity contribution >= 4 is 27.3 Å². The topological polar surface area (TPSA) is 0 Å². The van der Waals surface area contributed by atoms with Crippen LogP contribution in [-0.2, 0) is 6.42 Å². The minimum atomic E-state index is 1.02. The molecule has 0 spiro atoms. The summed E-state index contributed by atoms with van der Waals surface area (Å²) in [7, 11) is 3.33. The van der Waals surface area contributed by atoms with Gasteiger partial charge in [-0.25, -0.2) is 0 Å². The van der Waals surface area contributed by atoms with Crippen LogP contribution in [0, 0.1) is 0 Å².